The lowest BCUT2D eigenvalue weighted by Gasteiger charge is -2.41. The summed E-state index contributed by atoms with van der Waals surface area (Å²) in [6.07, 6.45) is 3.33. The average Bonchev–Trinajstić information content (AvgIpc) is 3.20. The first-order chi connectivity index (χ1) is 10.4. The van der Waals surface area contributed by atoms with Crippen molar-refractivity contribution >= 4 is 5.91 Å². The monoisotopic (exact) mass is 312 g/mol. The normalized spacial score (nSPS) is 29.4. The van der Waals surface area contributed by atoms with Crippen LogP contribution in [0.25, 0.3) is 0 Å². The second kappa shape index (κ2) is 7.75. The first-order valence-electron chi connectivity index (χ1n) is 8.73. The molecule has 0 aromatic carbocycles. The molecule has 1 aliphatic heterocycles. The van der Waals surface area contributed by atoms with Crippen molar-refractivity contribution in [1.29, 1.82) is 0 Å². The third-order valence-corrected chi connectivity index (χ3v) is 4.70. The van der Waals surface area contributed by atoms with Gasteiger partial charge in [0.25, 0.3) is 0 Å². The third-order valence-electron chi connectivity index (χ3n) is 4.70. The highest BCUT2D eigenvalue weighted by Crippen LogP contribution is 2.34. The Balaban J connectivity index is 2.01. The molecule has 0 spiro atoms. The fourth-order valence-corrected chi connectivity index (χ4v) is 3.67. The Morgan fingerprint density at radius 2 is 1.86 bits per heavy atom. The summed E-state index contributed by atoms with van der Waals surface area (Å²) in [7, 11) is 0. The topological polar surface area (TPSA) is 61.8 Å². The van der Waals surface area contributed by atoms with Crippen LogP contribution in [0.1, 0.15) is 47.0 Å². The van der Waals surface area contributed by atoms with Gasteiger partial charge < -0.3 is 15.2 Å². The molecule has 5 nitrogen and oxygen atoms in total. The van der Waals surface area contributed by atoms with Crippen LogP contribution in [0.3, 0.4) is 0 Å². The smallest absolute Gasteiger partial charge is 0.237 e. The number of carbonyl (C=O) groups is 1. The van der Waals surface area contributed by atoms with E-state index < -0.39 is 0 Å². The van der Waals surface area contributed by atoms with Gasteiger partial charge in [0, 0.05) is 25.7 Å². The average molecular weight is 312 g/mol. The summed E-state index contributed by atoms with van der Waals surface area (Å²) >= 11 is 0. The second-order valence-corrected chi connectivity index (χ2v) is 7.36. The molecule has 0 aromatic rings. The van der Waals surface area contributed by atoms with Crippen molar-refractivity contribution in [2.45, 2.75) is 71.2 Å². The van der Waals surface area contributed by atoms with Crippen LogP contribution in [0.5, 0.6) is 0 Å². The van der Waals surface area contributed by atoms with E-state index in [1.165, 1.54) is 12.8 Å². The number of ether oxygens (including phenoxy) is 1. The van der Waals surface area contributed by atoms with Gasteiger partial charge in [0.05, 0.1) is 18.2 Å². The van der Waals surface area contributed by atoms with Crippen molar-refractivity contribution in [3.8, 4) is 0 Å². The molecule has 4 unspecified atom stereocenters. The van der Waals surface area contributed by atoms with Gasteiger partial charge in [-0.15, -0.1) is 0 Å². The van der Waals surface area contributed by atoms with Gasteiger partial charge in [0.2, 0.25) is 5.91 Å². The zero-order valence-electron chi connectivity index (χ0n) is 14.4. The van der Waals surface area contributed by atoms with Crippen molar-refractivity contribution in [1.82, 2.24) is 10.2 Å². The summed E-state index contributed by atoms with van der Waals surface area (Å²) in [4.78, 5) is 15.1. The summed E-state index contributed by atoms with van der Waals surface area (Å²) in [6, 6.07) is 0.0170. The Hall–Kier alpha value is -0.650. The van der Waals surface area contributed by atoms with Crippen LogP contribution in [-0.2, 0) is 9.53 Å². The van der Waals surface area contributed by atoms with E-state index in [1.807, 2.05) is 0 Å². The molecule has 1 aliphatic carbocycles. The van der Waals surface area contributed by atoms with Crippen molar-refractivity contribution < 1.29 is 14.6 Å². The molecule has 0 aromatic heterocycles. The Bertz CT molecular complexity index is 361. The maximum Gasteiger partial charge on any atom is 0.237 e. The first kappa shape index (κ1) is 17.7. The van der Waals surface area contributed by atoms with Crippen LogP contribution < -0.4 is 5.32 Å². The largest absolute Gasteiger partial charge is 0.396 e. The molecule has 1 saturated carbocycles. The number of nitrogens with one attached hydrogen (secondary N) is 1. The molecule has 4 atom stereocenters. The van der Waals surface area contributed by atoms with E-state index in [1.54, 1.807) is 0 Å². The van der Waals surface area contributed by atoms with E-state index in [4.69, 9.17) is 4.74 Å². The fourth-order valence-electron chi connectivity index (χ4n) is 3.67. The van der Waals surface area contributed by atoms with Gasteiger partial charge in [-0.3, -0.25) is 9.69 Å². The maximum atomic E-state index is 12.8. The number of hydrogen-bond donors (Lipinski definition) is 2. The molecule has 1 saturated heterocycles. The molecule has 22 heavy (non-hydrogen) atoms. The SMILES string of the molecule is CC1CN(C(C(=O)NC(CCO)C2CC2)C(C)C)CC(C)O1. The molecule has 2 N–H and O–H groups in total. The van der Waals surface area contributed by atoms with Gasteiger partial charge in [-0.25, -0.2) is 0 Å². The Morgan fingerprint density at radius 3 is 2.32 bits per heavy atom. The highest BCUT2D eigenvalue weighted by molar-refractivity contribution is 5.82. The number of rotatable bonds is 7. The number of morpholine rings is 1. The van der Waals surface area contributed by atoms with Gasteiger partial charge in [-0.2, -0.15) is 0 Å². The van der Waals surface area contributed by atoms with Crippen molar-refractivity contribution in [2.75, 3.05) is 19.7 Å². The molecule has 1 amide bonds. The van der Waals surface area contributed by atoms with E-state index in [-0.39, 0.29) is 42.7 Å². The second-order valence-electron chi connectivity index (χ2n) is 7.36. The fraction of sp³-hybridized carbons (Fsp3) is 0.941. The molecule has 2 rings (SSSR count). The molecule has 5 heteroatoms. The Morgan fingerprint density at radius 1 is 1.27 bits per heavy atom. The summed E-state index contributed by atoms with van der Waals surface area (Å²) in [5.74, 6) is 0.930. The van der Waals surface area contributed by atoms with Crippen LogP contribution in [-0.4, -0.2) is 59.9 Å². The van der Waals surface area contributed by atoms with Crippen molar-refractivity contribution in [3.05, 3.63) is 0 Å². The lowest BCUT2D eigenvalue weighted by atomic mass is 9.98. The minimum atomic E-state index is -0.117. The minimum absolute atomic E-state index is 0.113. The lowest BCUT2D eigenvalue weighted by molar-refractivity contribution is -0.136. The van der Waals surface area contributed by atoms with Crippen LogP contribution in [0.2, 0.25) is 0 Å². The van der Waals surface area contributed by atoms with E-state index >= 15 is 0 Å². The summed E-state index contributed by atoms with van der Waals surface area (Å²) in [5, 5.41) is 12.4. The number of carbonyl (C=O) groups excluding carboxylic acids is 1. The maximum absolute atomic E-state index is 12.8. The number of aliphatic hydroxyl groups excluding tert-OH is 1. The minimum Gasteiger partial charge on any atom is -0.396 e. The predicted molar refractivity (Wildman–Crippen MR) is 86.6 cm³/mol. The highest BCUT2D eigenvalue weighted by atomic mass is 16.5. The van der Waals surface area contributed by atoms with E-state index in [9.17, 15) is 9.90 Å². The zero-order valence-corrected chi connectivity index (χ0v) is 14.4. The lowest BCUT2D eigenvalue weighted by Crippen LogP contribution is -2.58. The van der Waals surface area contributed by atoms with Crippen LogP contribution in [0.4, 0.5) is 0 Å². The summed E-state index contributed by atoms with van der Waals surface area (Å²) in [5.41, 5.74) is 0. The molecule has 2 aliphatic rings. The number of nitrogens with zero attached hydrogens (tertiary/aromatic N) is 1. The molecule has 128 valence electrons. The number of aliphatic hydroxyl groups is 1. The van der Waals surface area contributed by atoms with Gasteiger partial charge in [0.1, 0.15) is 0 Å². The molecule has 1 heterocycles. The third kappa shape index (κ3) is 4.67. The van der Waals surface area contributed by atoms with Crippen LogP contribution in [0, 0.1) is 11.8 Å². The quantitative estimate of drug-likeness (QED) is 0.746. The summed E-state index contributed by atoms with van der Waals surface area (Å²) in [6.45, 7) is 10.1. The van der Waals surface area contributed by atoms with Gasteiger partial charge in [-0.05, 0) is 44.9 Å². The molecular formula is C17H32N2O3. The predicted octanol–water partition coefficient (Wildman–Crippen LogP) is 1.40. The van der Waals surface area contributed by atoms with Crippen molar-refractivity contribution in [3.63, 3.8) is 0 Å². The Labute approximate surface area is 134 Å². The molecule has 0 radical (unpaired) electrons. The standard InChI is InChI=1S/C17H32N2O3/c1-11(2)16(19-9-12(3)22-13(4)10-19)17(21)18-15(7-8-20)14-5-6-14/h11-16,20H,5-10H2,1-4H3,(H,18,21). The van der Waals surface area contributed by atoms with Crippen LogP contribution >= 0.6 is 0 Å². The Kier molecular flexibility index (Phi) is 6.24. The molecule has 0 bridgehead atoms. The van der Waals surface area contributed by atoms with Gasteiger partial charge >= 0.3 is 0 Å². The van der Waals surface area contributed by atoms with Gasteiger partial charge in [0.15, 0.2) is 0 Å². The van der Waals surface area contributed by atoms with Crippen LogP contribution in [0.15, 0.2) is 0 Å². The number of hydrogen-bond acceptors (Lipinski definition) is 4. The number of amides is 1. The zero-order chi connectivity index (χ0) is 16.3. The van der Waals surface area contributed by atoms with E-state index in [2.05, 4.69) is 37.9 Å². The van der Waals surface area contributed by atoms with Gasteiger partial charge in [-0.1, -0.05) is 13.8 Å². The highest BCUT2D eigenvalue weighted by Gasteiger charge is 2.37. The molecular weight excluding hydrogens is 280 g/mol. The summed E-state index contributed by atoms with van der Waals surface area (Å²) < 4.78 is 5.79. The molecule has 2 fully saturated rings. The van der Waals surface area contributed by atoms with Crippen molar-refractivity contribution in [2.24, 2.45) is 11.8 Å². The van der Waals surface area contributed by atoms with E-state index in [0.717, 1.165) is 13.1 Å². The van der Waals surface area contributed by atoms with E-state index in [0.29, 0.717) is 12.3 Å². The first-order valence-corrected chi connectivity index (χ1v) is 8.73.